The van der Waals surface area contributed by atoms with Gasteiger partial charge in [0, 0.05) is 19.6 Å². The van der Waals surface area contributed by atoms with E-state index in [4.69, 9.17) is 9.84 Å². The zero-order valence-electron chi connectivity index (χ0n) is 22.7. The molecular weight excluding hydrogens is 453 g/mol. The van der Waals surface area contributed by atoms with Crippen LogP contribution in [0.5, 0.6) is 0 Å². The van der Waals surface area contributed by atoms with Crippen LogP contribution < -0.4 is 10.3 Å². The lowest BCUT2D eigenvalue weighted by Gasteiger charge is -2.38. The Balaban J connectivity index is 1.94. The molecule has 36 heavy (non-hydrogen) atoms. The summed E-state index contributed by atoms with van der Waals surface area (Å²) in [6.45, 7) is 11.8. The Bertz CT molecular complexity index is 1050. The summed E-state index contributed by atoms with van der Waals surface area (Å²) in [5.74, 6) is -0.446. The smallest absolute Gasteiger partial charge is 0.248 e. The van der Waals surface area contributed by atoms with E-state index in [0.717, 1.165) is 54.6 Å². The maximum atomic E-state index is 14.0. The number of hydrazone groups is 1. The maximum Gasteiger partial charge on any atom is 0.248 e. The van der Waals surface area contributed by atoms with Crippen LogP contribution >= 0.6 is 0 Å². The molecule has 1 N–H and O–H groups in total. The van der Waals surface area contributed by atoms with E-state index in [1.807, 2.05) is 37.1 Å². The molecule has 0 saturated carbocycles. The lowest BCUT2D eigenvalue weighted by atomic mass is 9.77. The summed E-state index contributed by atoms with van der Waals surface area (Å²) in [5.41, 5.74) is 2.83. The SMILES string of the molecule is CCCCC1C(c2ccc(F)cc2)=NN(c2cccc(C)c2)C1(C)C(=O)NCCCC(C)(C)COC. The Morgan fingerprint density at radius 1 is 1.19 bits per heavy atom. The number of halogens is 1. The van der Waals surface area contributed by atoms with E-state index in [1.165, 1.54) is 12.1 Å². The zero-order valence-corrected chi connectivity index (χ0v) is 22.7. The van der Waals surface area contributed by atoms with Crippen molar-refractivity contribution in [2.75, 3.05) is 25.3 Å². The Labute approximate surface area is 216 Å². The summed E-state index contributed by atoms with van der Waals surface area (Å²) in [4.78, 5) is 14.0. The summed E-state index contributed by atoms with van der Waals surface area (Å²) in [6, 6.07) is 14.6. The van der Waals surface area contributed by atoms with Crippen LogP contribution in [-0.2, 0) is 9.53 Å². The van der Waals surface area contributed by atoms with Crippen LogP contribution in [-0.4, -0.2) is 37.4 Å². The molecule has 0 fully saturated rings. The third-order valence-electron chi connectivity index (χ3n) is 7.20. The maximum absolute atomic E-state index is 14.0. The first-order valence-electron chi connectivity index (χ1n) is 13.1. The second-order valence-electron chi connectivity index (χ2n) is 10.9. The predicted octanol–water partition coefficient (Wildman–Crippen LogP) is 6.49. The summed E-state index contributed by atoms with van der Waals surface area (Å²) < 4.78 is 19.1. The molecule has 1 aliphatic rings. The number of methoxy groups -OCH3 is 1. The van der Waals surface area contributed by atoms with Gasteiger partial charge >= 0.3 is 0 Å². The molecule has 1 amide bonds. The highest BCUT2D eigenvalue weighted by Crippen LogP contribution is 2.42. The average Bonchev–Trinajstić information content (AvgIpc) is 3.14. The van der Waals surface area contributed by atoms with E-state index in [1.54, 1.807) is 19.2 Å². The van der Waals surface area contributed by atoms with Crippen molar-refractivity contribution in [1.82, 2.24) is 5.32 Å². The summed E-state index contributed by atoms with van der Waals surface area (Å²) >= 11 is 0. The number of carbonyl (C=O) groups excluding carboxylic acids is 1. The van der Waals surface area contributed by atoms with E-state index >= 15 is 0 Å². The third kappa shape index (κ3) is 6.33. The molecule has 0 saturated heterocycles. The molecule has 0 aromatic heterocycles. The topological polar surface area (TPSA) is 53.9 Å². The molecule has 1 aliphatic heterocycles. The molecule has 6 heteroatoms. The number of anilines is 1. The number of hydrogen-bond acceptors (Lipinski definition) is 4. The highest BCUT2D eigenvalue weighted by atomic mass is 19.1. The molecule has 2 unspecified atom stereocenters. The molecular formula is C30H42FN3O2. The van der Waals surface area contributed by atoms with Gasteiger partial charge in [0.25, 0.3) is 0 Å². The summed E-state index contributed by atoms with van der Waals surface area (Å²) in [5, 5.41) is 10.2. The van der Waals surface area contributed by atoms with Gasteiger partial charge in [-0.05, 0) is 73.9 Å². The summed E-state index contributed by atoms with van der Waals surface area (Å²) in [7, 11) is 1.72. The van der Waals surface area contributed by atoms with Crippen molar-refractivity contribution in [3.8, 4) is 0 Å². The molecule has 0 radical (unpaired) electrons. The molecule has 2 atom stereocenters. The number of carbonyl (C=O) groups is 1. The molecule has 0 aliphatic carbocycles. The molecule has 3 rings (SSSR count). The van der Waals surface area contributed by atoms with Crippen molar-refractivity contribution in [3.05, 3.63) is 65.5 Å². The van der Waals surface area contributed by atoms with Crippen LogP contribution in [0, 0.1) is 24.1 Å². The quantitative estimate of drug-likeness (QED) is 0.342. The number of ether oxygens (including phenoxy) is 1. The van der Waals surface area contributed by atoms with Crippen LogP contribution in [0.3, 0.4) is 0 Å². The van der Waals surface area contributed by atoms with Gasteiger partial charge in [0.15, 0.2) is 0 Å². The van der Waals surface area contributed by atoms with Crippen LogP contribution in [0.4, 0.5) is 10.1 Å². The highest BCUT2D eigenvalue weighted by Gasteiger charge is 2.53. The zero-order chi connectivity index (χ0) is 26.3. The van der Waals surface area contributed by atoms with Gasteiger partial charge in [0.2, 0.25) is 5.91 Å². The van der Waals surface area contributed by atoms with E-state index in [9.17, 15) is 9.18 Å². The van der Waals surface area contributed by atoms with Gasteiger partial charge in [-0.3, -0.25) is 4.79 Å². The number of nitrogens with zero attached hydrogens (tertiary/aromatic N) is 2. The lowest BCUT2D eigenvalue weighted by molar-refractivity contribution is -0.126. The fraction of sp³-hybridized carbons (Fsp3) is 0.533. The van der Waals surface area contributed by atoms with Crippen molar-refractivity contribution >= 4 is 17.3 Å². The van der Waals surface area contributed by atoms with Crippen LogP contribution in [0.2, 0.25) is 0 Å². The largest absolute Gasteiger partial charge is 0.384 e. The second kappa shape index (κ2) is 12.0. The molecule has 196 valence electrons. The normalized spacial score (nSPS) is 19.9. The van der Waals surface area contributed by atoms with Crippen LogP contribution in [0.1, 0.15) is 70.9 Å². The Kier molecular flexibility index (Phi) is 9.29. The van der Waals surface area contributed by atoms with Gasteiger partial charge in [0.05, 0.1) is 18.0 Å². The first-order chi connectivity index (χ1) is 17.1. The van der Waals surface area contributed by atoms with E-state index < -0.39 is 5.54 Å². The number of nitrogens with one attached hydrogen (secondary N) is 1. The van der Waals surface area contributed by atoms with Crippen molar-refractivity contribution in [1.29, 1.82) is 0 Å². The minimum absolute atomic E-state index is 0.0319. The van der Waals surface area contributed by atoms with Crippen LogP contribution in [0.25, 0.3) is 0 Å². The minimum atomic E-state index is -0.908. The monoisotopic (exact) mass is 495 g/mol. The number of aryl methyl sites for hydroxylation is 1. The number of unbranched alkanes of at least 4 members (excludes halogenated alkanes) is 1. The highest BCUT2D eigenvalue weighted by molar-refractivity contribution is 6.10. The Morgan fingerprint density at radius 2 is 1.92 bits per heavy atom. The number of rotatable bonds is 12. The van der Waals surface area contributed by atoms with E-state index in [-0.39, 0.29) is 23.1 Å². The first kappa shape index (κ1) is 27.9. The van der Waals surface area contributed by atoms with Gasteiger partial charge in [-0.1, -0.05) is 57.9 Å². The fourth-order valence-corrected chi connectivity index (χ4v) is 5.15. The van der Waals surface area contributed by atoms with Gasteiger partial charge in [-0.15, -0.1) is 0 Å². The molecule has 5 nitrogen and oxygen atoms in total. The summed E-state index contributed by atoms with van der Waals surface area (Å²) in [6.07, 6.45) is 4.63. The second-order valence-corrected chi connectivity index (χ2v) is 10.9. The Hall–Kier alpha value is -2.73. The molecule has 2 aromatic rings. The van der Waals surface area contributed by atoms with Crippen molar-refractivity contribution in [2.45, 2.75) is 72.3 Å². The molecule has 1 heterocycles. The number of amides is 1. The van der Waals surface area contributed by atoms with Crippen LogP contribution in [0.15, 0.2) is 53.6 Å². The van der Waals surface area contributed by atoms with Crippen molar-refractivity contribution in [3.63, 3.8) is 0 Å². The van der Waals surface area contributed by atoms with Crippen molar-refractivity contribution in [2.24, 2.45) is 16.4 Å². The van der Waals surface area contributed by atoms with Crippen molar-refractivity contribution < 1.29 is 13.9 Å². The van der Waals surface area contributed by atoms with Gasteiger partial charge in [-0.25, -0.2) is 9.40 Å². The van der Waals surface area contributed by atoms with Gasteiger partial charge in [0.1, 0.15) is 11.4 Å². The fourth-order valence-electron chi connectivity index (χ4n) is 5.15. The number of benzene rings is 2. The molecule has 0 bridgehead atoms. The standard InChI is InChI=1S/C30H42FN3O2/c1-7-8-13-26-27(23-14-16-24(31)17-15-23)33-34(25-12-9-11-22(2)20-25)30(26,5)28(35)32-19-10-18-29(3,4)21-36-6/h9,11-12,14-17,20,26H,7-8,10,13,18-19,21H2,1-6H3,(H,32,35). The molecule has 2 aromatic carbocycles. The third-order valence-corrected chi connectivity index (χ3v) is 7.20. The minimum Gasteiger partial charge on any atom is -0.384 e. The lowest BCUT2D eigenvalue weighted by Crippen LogP contribution is -2.58. The van der Waals surface area contributed by atoms with E-state index in [0.29, 0.717) is 13.2 Å². The van der Waals surface area contributed by atoms with E-state index in [2.05, 4.69) is 32.2 Å². The van der Waals surface area contributed by atoms with Gasteiger partial charge in [-0.2, -0.15) is 5.10 Å². The van der Waals surface area contributed by atoms with Gasteiger partial charge < -0.3 is 10.1 Å². The number of hydrogen-bond donors (Lipinski definition) is 1. The Morgan fingerprint density at radius 3 is 2.56 bits per heavy atom. The first-order valence-corrected chi connectivity index (χ1v) is 13.1. The molecule has 0 spiro atoms. The predicted molar refractivity (Wildman–Crippen MR) is 146 cm³/mol. The average molecular weight is 496 g/mol.